The quantitative estimate of drug-likeness (QED) is 0.427. The minimum atomic E-state index is -0.726. The van der Waals surface area contributed by atoms with E-state index in [2.05, 4.69) is 10.3 Å². The molecule has 1 aromatic carbocycles. The fourth-order valence-corrected chi connectivity index (χ4v) is 3.65. The van der Waals surface area contributed by atoms with Gasteiger partial charge in [-0.05, 0) is 49.1 Å². The number of carbonyl (C=O) groups excluding carboxylic acids is 2. The van der Waals surface area contributed by atoms with Crippen LogP contribution in [0.1, 0.15) is 60.1 Å². The highest BCUT2D eigenvalue weighted by Gasteiger charge is 2.26. The number of nitrogen functional groups attached to an aromatic ring is 1. The van der Waals surface area contributed by atoms with E-state index in [0.717, 1.165) is 12.0 Å². The number of furan rings is 1. The van der Waals surface area contributed by atoms with Gasteiger partial charge in [0.15, 0.2) is 11.4 Å². The van der Waals surface area contributed by atoms with Crippen LogP contribution in [0, 0.1) is 12.8 Å². The Kier molecular flexibility index (Phi) is 7.95. The standard InChI is InChI=1S/C25H31N5O5/c1-5-6-11-29(20-21(26)30(14-15(2)3)25(34)28-23(20)32)24(33)17-10-9-16(4)18(13-17)27-22(31)19-8-7-12-35-19/h7-10,12-13,15H,5-6,11,14,26H2,1-4H3,(H,27,31)(H,28,32,34). The second kappa shape index (κ2) is 10.9. The summed E-state index contributed by atoms with van der Waals surface area (Å²) in [5.41, 5.74) is 6.29. The van der Waals surface area contributed by atoms with Crippen LogP contribution in [0.15, 0.2) is 50.6 Å². The molecule has 0 aliphatic rings. The molecule has 0 spiro atoms. The SMILES string of the molecule is CCCCN(C(=O)c1ccc(C)c(NC(=O)c2ccco2)c1)c1c(N)n(CC(C)C)c(=O)[nH]c1=O. The first kappa shape index (κ1) is 25.5. The predicted molar refractivity (Wildman–Crippen MR) is 135 cm³/mol. The number of H-pyrrole nitrogens is 1. The molecule has 3 aromatic rings. The number of hydrogen-bond donors (Lipinski definition) is 3. The first-order chi connectivity index (χ1) is 16.6. The molecule has 0 aliphatic heterocycles. The van der Waals surface area contributed by atoms with Gasteiger partial charge in [-0.25, -0.2) is 4.79 Å². The minimum absolute atomic E-state index is 0.0599. The number of benzene rings is 1. The maximum Gasteiger partial charge on any atom is 0.330 e. The Morgan fingerprint density at radius 3 is 2.60 bits per heavy atom. The van der Waals surface area contributed by atoms with Crippen LogP contribution in [-0.4, -0.2) is 27.9 Å². The van der Waals surface area contributed by atoms with Crippen molar-refractivity contribution in [1.29, 1.82) is 0 Å². The Morgan fingerprint density at radius 2 is 1.97 bits per heavy atom. The van der Waals surface area contributed by atoms with E-state index in [-0.39, 0.29) is 41.8 Å². The Labute approximate surface area is 202 Å². The number of hydrogen-bond acceptors (Lipinski definition) is 6. The molecule has 0 atom stereocenters. The number of nitrogens with one attached hydrogen (secondary N) is 2. The molecule has 2 amide bonds. The van der Waals surface area contributed by atoms with Crippen LogP contribution in [0.3, 0.4) is 0 Å². The Morgan fingerprint density at radius 1 is 1.23 bits per heavy atom. The zero-order valence-corrected chi connectivity index (χ0v) is 20.4. The van der Waals surface area contributed by atoms with Crippen molar-refractivity contribution in [2.45, 2.75) is 47.1 Å². The van der Waals surface area contributed by atoms with Gasteiger partial charge < -0.3 is 20.4 Å². The van der Waals surface area contributed by atoms with Gasteiger partial charge in [-0.1, -0.05) is 33.3 Å². The summed E-state index contributed by atoms with van der Waals surface area (Å²) in [7, 11) is 0. The number of nitrogens with zero attached hydrogens (tertiary/aromatic N) is 2. The summed E-state index contributed by atoms with van der Waals surface area (Å²) >= 11 is 0. The molecule has 0 radical (unpaired) electrons. The van der Waals surface area contributed by atoms with Gasteiger partial charge in [0, 0.05) is 24.3 Å². The number of anilines is 3. The normalized spacial score (nSPS) is 11.0. The van der Waals surface area contributed by atoms with Crippen molar-refractivity contribution >= 4 is 29.0 Å². The number of rotatable bonds is 9. The van der Waals surface area contributed by atoms with E-state index >= 15 is 0 Å². The van der Waals surface area contributed by atoms with E-state index in [4.69, 9.17) is 10.2 Å². The predicted octanol–water partition coefficient (Wildman–Crippen LogP) is 3.38. The molecule has 3 rings (SSSR count). The molecule has 10 nitrogen and oxygen atoms in total. The second-order valence-electron chi connectivity index (χ2n) is 8.77. The molecule has 0 bridgehead atoms. The maximum absolute atomic E-state index is 13.7. The molecule has 0 fully saturated rings. The van der Waals surface area contributed by atoms with E-state index in [1.54, 1.807) is 31.2 Å². The van der Waals surface area contributed by atoms with Crippen LogP contribution in [0.4, 0.5) is 17.2 Å². The summed E-state index contributed by atoms with van der Waals surface area (Å²) in [6, 6.07) is 8.01. The lowest BCUT2D eigenvalue weighted by Gasteiger charge is -2.25. The summed E-state index contributed by atoms with van der Waals surface area (Å²) < 4.78 is 6.41. The van der Waals surface area contributed by atoms with Crippen molar-refractivity contribution in [3.8, 4) is 0 Å². The average Bonchev–Trinajstić information content (AvgIpc) is 3.35. The third-order valence-corrected chi connectivity index (χ3v) is 5.49. The van der Waals surface area contributed by atoms with Crippen molar-refractivity contribution in [3.63, 3.8) is 0 Å². The zero-order chi connectivity index (χ0) is 25.7. The van der Waals surface area contributed by atoms with Crippen molar-refractivity contribution in [1.82, 2.24) is 9.55 Å². The van der Waals surface area contributed by atoms with Gasteiger partial charge in [-0.2, -0.15) is 0 Å². The summed E-state index contributed by atoms with van der Waals surface area (Å²) in [6.45, 7) is 8.11. The van der Waals surface area contributed by atoms with Crippen molar-refractivity contribution in [3.05, 3.63) is 74.3 Å². The monoisotopic (exact) mass is 481 g/mol. The van der Waals surface area contributed by atoms with Gasteiger partial charge in [-0.3, -0.25) is 23.9 Å². The van der Waals surface area contributed by atoms with Gasteiger partial charge in [0.1, 0.15) is 5.82 Å². The first-order valence-corrected chi connectivity index (χ1v) is 11.5. The van der Waals surface area contributed by atoms with Gasteiger partial charge in [0.25, 0.3) is 17.4 Å². The molecule has 2 heterocycles. The third kappa shape index (κ3) is 5.71. The van der Waals surface area contributed by atoms with Gasteiger partial charge >= 0.3 is 5.69 Å². The summed E-state index contributed by atoms with van der Waals surface area (Å²) in [5, 5.41) is 2.75. The zero-order valence-electron chi connectivity index (χ0n) is 20.4. The number of aryl methyl sites for hydroxylation is 1. The maximum atomic E-state index is 13.7. The fourth-order valence-electron chi connectivity index (χ4n) is 3.65. The van der Waals surface area contributed by atoms with Crippen LogP contribution in [0.5, 0.6) is 0 Å². The lowest BCUT2D eigenvalue weighted by Crippen LogP contribution is -2.42. The Hall–Kier alpha value is -4.08. The average molecular weight is 482 g/mol. The molecule has 2 aromatic heterocycles. The molecule has 4 N–H and O–H groups in total. The molecule has 35 heavy (non-hydrogen) atoms. The topological polar surface area (TPSA) is 143 Å². The lowest BCUT2D eigenvalue weighted by molar-refractivity contribution is 0.0980. The van der Waals surface area contributed by atoms with Crippen LogP contribution >= 0.6 is 0 Å². The molecule has 186 valence electrons. The number of aromatic amines is 1. The molecular formula is C25H31N5O5. The summed E-state index contributed by atoms with van der Waals surface area (Å²) in [5.74, 6) is -0.760. The Bertz CT molecular complexity index is 1320. The highest BCUT2D eigenvalue weighted by atomic mass is 16.3. The summed E-state index contributed by atoms with van der Waals surface area (Å²) in [6.07, 6.45) is 2.78. The highest BCUT2D eigenvalue weighted by molar-refractivity contribution is 6.09. The first-order valence-electron chi connectivity index (χ1n) is 11.5. The largest absolute Gasteiger partial charge is 0.459 e. The van der Waals surface area contributed by atoms with Crippen LogP contribution in [0.25, 0.3) is 0 Å². The molecule has 0 saturated heterocycles. The molecule has 0 unspecified atom stereocenters. The Balaban J connectivity index is 2.04. The number of aromatic nitrogens is 2. The van der Waals surface area contributed by atoms with Crippen molar-refractivity contribution in [2.24, 2.45) is 5.92 Å². The number of nitrogens with two attached hydrogens (primary N) is 1. The molecule has 0 aliphatic carbocycles. The van der Waals surface area contributed by atoms with Gasteiger partial charge in [-0.15, -0.1) is 0 Å². The number of carbonyl (C=O) groups is 2. The smallest absolute Gasteiger partial charge is 0.330 e. The lowest BCUT2D eigenvalue weighted by atomic mass is 10.1. The van der Waals surface area contributed by atoms with Gasteiger partial charge in [0.2, 0.25) is 0 Å². The van der Waals surface area contributed by atoms with Crippen molar-refractivity contribution in [2.75, 3.05) is 22.5 Å². The molecule has 0 saturated carbocycles. The van der Waals surface area contributed by atoms with E-state index in [0.29, 0.717) is 12.1 Å². The molecule has 10 heteroatoms. The van der Waals surface area contributed by atoms with Crippen LogP contribution in [-0.2, 0) is 6.54 Å². The minimum Gasteiger partial charge on any atom is -0.459 e. The summed E-state index contributed by atoms with van der Waals surface area (Å²) in [4.78, 5) is 54.9. The van der Waals surface area contributed by atoms with Crippen molar-refractivity contribution < 1.29 is 14.0 Å². The highest BCUT2D eigenvalue weighted by Crippen LogP contribution is 2.24. The molecular weight excluding hydrogens is 450 g/mol. The second-order valence-corrected chi connectivity index (χ2v) is 8.77. The fraction of sp³-hybridized carbons (Fsp3) is 0.360. The van der Waals surface area contributed by atoms with Crippen LogP contribution in [0.2, 0.25) is 0 Å². The third-order valence-electron chi connectivity index (χ3n) is 5.49. The van der Waals surface area contributed by atoms with E-state index in [9.17, 15) is 19.2 Å². The van der Waals surface area contributed by atoms with Gasteiger partial charge in [0.05, 0.1) is 6.26 Å². The van der Waals surface area contributed by atoms with Crippen LogP contribution < -0.4 is 27.2 Å². The number of unbranched alkanes of at least 4 members (excludes halogenated alkanes) is 1. The van der Waals surface area contributed by atoms with E-state index < -0.39 is 23.1 Å². The van der Waals surface area contributed by atoms with E-state index in [1.165, 1.54) is 21.8 Å². The van der Waals surface area contributed by atoms with E-state index in [1.807, 2.05) is 20.8 Å². The number of amides is 2.